The van der Waals surface area contributed by atoms with Crippen molar-refractivity contribution in [2.45, 2.75) is 37.9 Å². The van der Waals surface area contributed by atoms with E-state index in [0.717, 1.165) is 24.8 Å². The molecule has 0 amide bonds. The molecule has 0 saturated carbocycles. The summed E-state index contributed by atoms with van der Waals surface area (Å²) in [4.78, 5) is 11.6. The normalized spacial score (nSPS) is 20.8. The van der Waals surface area contributed by atoms with Crippen LogP contribution in [0, 0.1) is 0 Å². The summed E-state index contributed by atoms with van der Waals surface area (Å²) in [7, 11) is 6.38. The Morgan fingerprint density at radius 3 is 2.26 bits per heavy atom. The summed E-state index contributed by atoms with van der Waals surface area (Å²) in [6.07, 6.45) is 2.35. The number of cyclic esters (lactones) is 1. The summed E-state index contributed by atoms with van der Waals surface area (Å²) < 4.78 is 26.7. The molecule has 0 bridgehead atoms. The molecular weight excluding hydrogens is 300 g/mol. The maximum Gasteiger partial charge on any atom is 0.308 e. The van der Waals surface area contributed by atoms with Crippen molar-refractivity contribution < 1.29 is 28.5 Å². The quantitative estimate of drug-likeness (QED) is 0.718. The largest absolute Gasteiger partial charge is 0.493 e. The zero-order valence-electron chi connectivity index (χ0n) is 14.1. The molecule has 1 fully saturated rings. The van der Waals surface area contributed by atoms with E-state index >= 15 is 0 Å². The SMILES string of the molecule is COc1cc(CCC2CC(OC)CC(=O)O2)cc(OC)c1OC. The van der Waals surface area contributed by atoms with Crippen LogP contribution in [0.2, 0.25) is 0 Å². The Bertz CT molecular complexity index is 517. The van der Waals surface area contributed by atoms with Gasteiger partial charge in [-0.1, -0.05) is 0 Å². The first-order valence-corrected chi connectivity index (χ1v) is 7.62. The van der Waals surface area contributed by atoms with Gasteiger partial charge in [0, 0.05) is 13.5 Å². The van der Waals surface area contributed by atoms with E-state index in [0.29, 0.717) is 23.7 Å². The minimum absolute atomic E-state index is 0.0545. The van der Waals surface area contributed by atoms with Crippen molar-refractivity contribution in [1.29, 1.82) is 0 Å². The Morgan fingerprint density at radius 2 is 1.74 bits per heavy atom. The van der Waals surface area contributed by atoms with Crippen LogP contribution in [0.5, 0.6) is 17.2 Å². The third-order valence-corrected chi connectivity index (χ3v) is 4.03. The number of ether oxygens (including phenoxy) is 5. The first kappa shape index (κ1) is 17.4. The van der Waals surface area contributed by atoms with Crippen molar-refractivity contribution in [2.24, 2.45) is 0 Å². The molecule has 1 heterocycles. The molecule has 2 atom stereocenters. The molecule has 23 heavy (non-hydrogen) atoms. The van der Waals surface area contributed by atoms with Crippen LogP contribution in [0.1, 0.15) is 24.8 Å². The highest BCUT2D eigenvalue weighted by Crippen LogP contribution is 2.38. The van der Waals surface area contributed by atoms with E-state index in [1.807, 2.05) is 12.1 Å². The number of methoxy groups -OCH3 is 4. The van der Waals surface area contributed by atoms with Gasteiger partial charge in [0.2, 0.25) is 5.75 Å². The van der Waals surface area contributed by atoms with E-state index < -0.39 is 0 Å². The fourth-order valence-electron chi connectivity index (χ4n) is 2.81. The summed E-state index contributed by atoms with van der Waals surface area (Å²) in [5.41, 5.74) is 1.04. The van der Waals surface area contributed by atoms with Gasteiger partial charge < -0.3 is 23.7 Å². The lowest BCUT2D eigenvalue weighted by molar-refractivity contribution is -0.161. The first-order chi connectivity index (χ1) is 11.1. The number of carbonyl (C=O) groups is 1. The maximum atomic E-state index is 11.6. The van der Waals surface area contributed by atoms with Crippen LogP contribution in [0.15, 0.2) is 12.1 Å². The second kappa shape index (κ2) is 8.06. The van der Waals surface area contributed by atoms with E-state index in [2.05, 4.69) is 0 Å². The van der Waals surface area contributed by atoms with Crippen LogP contribution in [0.25, 0.3) is 0 Å². The molecule has 2 rings (SSSR count). The van der Waals surface area contributed by atoms with Gasteiger partial charge in [-0.05, 0) is 30.5 Å². The molecule has 6 nitrogen and oxygen atoms in total. The van der Waals surface area contributed by atoms with Gasteiger partial charge in [0.1, 0.15) is 6.10 Å². The Labute approximate surface area is 136 Å². The van der Waals surface area contributed by atoms with Crippen molar-refractivity contribution in [3.05, 3.63) is 17.7 Å². The van der Waals surface area contributed by atoms with E-state index in [1.165, 1.54) is 0 Å². The number of aryl methyl sites for hydroxylation is 1. The minimum atomic E-state index is -0.196. The molecule has 0 N–H and O–H groups in total. The Morgan fingerprint density at radius 1 is 1.09 bits per heavy atom. The number of benzene rings is 1. The number of esters is 1. The van der Waals surface area contributed by atoms with Crippen molar-refractivity contribution in [3.63, 3.8) is 0 Å². The van der Waals surface area contributed by atoms with Gasteiger partial charge in [0.15, 0.2) is 11.5 Å². The fourth-order valence-corrected chi connectivity index (χ4v) is 2.81. The highest BCUT2D eigenvalue weighted by atomic mass is 16.6. The number of carbonyl (C=O) groups excluding carboxylic acids is 1. The van der Waals surface area contributed by atoms with E-state index in [-0.39, 0.29) is 18.2 Å². The van der Waals surface area contributed by atoms with E-state index in [1.54, 1.807) is 28.4 Å². The lowest BCUT2D eigenvalue weighted by Gasteiger charge is -2.28. The summed E-state index contributed by atoms with van der Waals surface area (Å²) in [5.74, 6) is 1.62. The maximum absolute atomic E-state index is 11.6. The van der Waals surface area contributed by atoms with Crippen molar-refractivity contribution >= 4 is 5.97 Å². The molecule has 0 aromatic heterocycles. The smallest absolute Gasteiger partial charge is 0.308 e. The van der Waals surface area contributed by atoms with Crippen LogP contribution in [0.3, 0.4) is 0 Å². The van der Waals surface area contributed by atoms with Crippen LogP contribution >= 0.6 is 0 Å². The third kappa shape index (κ3) is 4.28. The summed E-state index contributed by atoms with van der Waals surface area (Å²) in [6.45, 7) is 0. The summed E-state index contributed by atoms with van der Waals surface area (Å²) >= 11 is 0. The molecule has 1 aromatic carbocycles. The molecule has 0 aliphatic carbocycles. The Hall–Kier alpha value is -1.95. The minimum Gasteiger partial charge on any atom is -0.493 e. The van der Waals surface area contributed by atoms with Crippen molar-refractivity contribution in [1.82, 2.24) is 0 Å². The Kier molecular flexibility index (Phi) is 6.10. The standard InChI is InChI=1S/C17H24O6/c1-19-13-9-12(23-16(18)10-13)6-5-11-7-14(20-2)17(22-4)15(8-11)21-3/h7-8,12-13H,5-6,9-10H2,1-4H3. The van der Waals surface area contributed by atoms with Gasteiger partial charge >= 0.3 is 5.97 Å². The molecule has 2 unspecified atom stereocenters. The van der Waals surface area contributed by atoms with E-state index in [9.17, 15) is 4.79 Å². The van der Waals surface area contributed by atoms with E-state index in [4.69, 9.17) is 23.7 Å². The first-order valence-electron chi connectivity index (χ1n) is 7.62. The highest BCUT2D eigenvalue weighted by Gasteiger charge is 2.28. The lowest BCUT2D eigenvalue weighted by Crippen LogP contribution is -2.33. The number of rotatable bonds is 7. The molecule has 0 radical (unpaired) electrons. The second-order valence-corrected chi connectivity index (χ2v) is 5.48. The predicted molar refractivity (Wildman–Crippen MR) is 84.3 cm³/mol. The van der Waals surface area contributed by atoms with Gasteiger partial charge in [0.05, 0.1) is 33.9 Å². The molecular formula is C17H24O6. The highest BCUT2D eigenvalue weighted by molar-refractivity contribution is 5.71. The third-order valence-electron chi connectivity index (χ3n) is 4.03. The predicted octanol–water partition coefficient (Wildman–Crippen LogP) is 2.37. The van der Waals surface area contributed by atoms with Crippen molar-refractivity contribution in [2.75, 3.05) is 28.4 Å². The summed E-state index contributed by atoms with van der Waals surface area (Å²) in [5, 5.41) is 0. The molecule has 1 aromatic rings. The molecule has 1 aliphatic heterocycles. The fraction of sp³-hybridized carbons (Fsp3) is 0.588. The van der Waals surface area contributed by atoms with Gasteiger partial charge in [-0.15, -0.1) is 0 Å². The molecule has 6 heteroatoms. The average Bonchev–Trinajstić information content (AvgIpc) is 2.58. The van der Waals surface area contributed by atoms with Crippen LogP contribution in [-0.2, 0) is 20.7 Å². The molecule has 1 aliphatic rings. The van der Waals surface area contributed by atoms with Crippen molar-refractivity contribution in [3.8, 4) is 17.2 Å². The van der Waals surface area contributed by atoms with Crippen LogP contribution in [0.4, 0.5) is 0 Å². The van der Waals surface area contributed by atoms with Gasteiger partial charge in [0.25, 0.3) is 0 Å². The van der Waals surface area contributed by atoms with Crippen LogP contribution < -0.4 is 14.2 Å². The number of hydrogen-bond acceptors (Lipinski definition) is 6. The topological polar surface area (TPSA) is 63.2 Å². The molecule has 1 saturated heterocycles. The van der Waals surface area contributed by atoms with Gasteiger partial charge in [-0.2, -0.15) is 0 Å². The average molecular weight is 324 g/mol. The summed E-state index contributed by atoms with van der Waals surface area (Å²) in [6, 6.07) is 3.83. The Balaban J connectivity index is 2.06. The van der Waals surface area contributed by atoms with Gasteiger partial charge in [-0.25, -0.2) is 0 Å². The zero-order valence-corrected chi connectivity index (χ0v) is 14.1. The van der Waals surface area contributed by atoms with Gasteiger partial charge in [-0.3, -0.25) is 4.79 Å². The zero-order chi connectivity index (χ0) is 16.8. The molecule has 128 valence electrons. The van der Waals surface area contributed by atoms with Crippen LogP contribution in [-0.4, -0.2) is 46.6 Å². The monoisotopic (exact) mass is 324 g/mol. The lowest BCUT2D eigenvalue weighted by atomic mass is 9.98. The second-order valence-electron chi connectivity index (χ2n) is 5.48. The molecule has 0 spiro atoms. The number of hydrogen-bond donors (Lipinski definition) is 0.